The maximum Gasteiger partial charge on any atom is 0.173 e. The molecule has 1 aliphatic heterocycles. The van der Waals surface area contributed by atoms with Crippen LogP contribution in [0.1, 0.15) is 32.1 Å². The topological polar surface area (TPSA) is 49.4 Å². The van der Waals surface area contributed by atoms with Crippen molar-refractivity contribution in [2.45, 2.75) is 44.2 Å². The third-order valence-corrected chi connectivity index (χ3v) is 5.48. The Kier molecular flexibility index (Phi) is 4.27. The molecule has 1 N–H and O–H groups in total. The summed E-state index contributed by atoms with van der Waals surface area (Å²) in [6.45, 7) is 0. The SMILES string of the molecule is CN(C(=S)NC1C=CS(=O)(=O)C1)C1CCCCC1. The number of rotatable bonds is 2. The molecule has 102 valence electrons. The molecule has 2 rings (SSSR count). The van der Waals surface area contributed by atoms with Crippen molar-refractivity contribution in [3.8, 4) is 0 Å². The lowest BCUT2D eigenvalue weighted by Crippen LogP contribution is -2.47. The van der Waals surface area contributed by atoms with Gasteiger partial charge in [-0.1, -0.05) is 19.3 Å². The van der Waals surface area contributed by atoms with Gasteiger partial charge in [-0.25, -0.2) is 8.42 Å². The zero-order chi connectivity index (χ0) is 13.2. The average Bonchev–Trinajstić information content (AvgIpc) is 2.68. The molecule has 0 radical (unpaired) electrons. The molecule has 1 atom stereocenters. The Labute approximate surface area is 114 Å². The fourth-order valence-corrected chi connectivity index (χ4v) is 4.10. The van der Waals surface area contributed by atoms with E-state index in [4.69, 9.17) is 12.2 Å². The first kappa shape index (κ1) is 13.8. The lowest BCUT2D eigenvalue weighted by Gasteiger charge is -2.34. The standard InChI is InChI=1S/C12H20N2O2S2/c1-14(11-5-3-2-4-6-11)12(17)13-10-7-8-18(15,16)9-10/h7-8,10-11H,2-6,9H2,1H3,(H,13,17). The van der Waals surface area contributed by atoms with Crippen LogP contribution in [0.5, 0.6) is 0 Å². The minimum absolute atomic E-state index is 0.117. The summed E-state index contributed by atoms with van der Waals surface area (Å²) in [6.07, 6.45) is 7.86. The first-order valence-corrected chi connectivity index (χ1v) is 8.54. The predicted octanol–water partition coefficient (Wildman–Crippen LogP) is 1.44. The van der Waals surface area contributed by atoms with E-state index < -0.39 is 9.84 Å². The van der Waals surface area contributed by atoms with Gasteiger partial charge in [-0.15, -0.1) is 0 Å². The van der Waals surface area contributed by atoms with Crippen molar-refractivity contribution in [2.75, 3.05) is 12.8 Å². The van der Waals surface area contributed by atoms with E-state index in [1.165, 1.54) is 37.5 Å². The van der Waals surface area contributed by atoms with Gasteiger partial charge in [-0.2, -0.15) is 0 Å². The predicted molar refractivity (Wildman–Crippen MR) is 77.1 cm³/mol. The highest BCUT2D eigenvalue weighted by Gasteiger charge is 2.25. The highest BCUT2D eigenvalue weighted by Crippen LogP contribution is 2.21. The van der Waals surface area contributed by atoms with Crippen LogP contribution in [0.2, 0.25) is 0 Å². The van der Waals surface area contributed by atoms with Gasteiger partial charge in [0.15, 0.2) is 14.9 Å². The van der Waals surface area contributed by atoms with Crippen LogP contribution in [0.15, 0.2) is 11.5 Å². The van der Waals surface area contributed by atoms with E-state index in [0.717, 1.165) is 0 Å². The molecule has 1 saturated carbocycles. The molecule has 0 spiro atoms. The Morgan fingerprint density at radius 1 is 1.33 bits per heavy atom. The van der Waals surface area contributed by atoms with E-state index in [1.54, 1.807) is 6.08 Å². The summed E-state index contributed by atoms with van der Waals surface area (Å²) in [4.78, 5) is 2.09. The maximum absolute atomic E-state index is 11.3. The van der Waals surface area contributed by atoms with Gasteiger partial charge in [0.2, 0.25) is 0 Å². The van der Waals surface area contributed by atoms with Crippen molar-refractivity contribution in [3.05, 3.63) is 11.5 Å². The van der Waals surface area contributed by atoms with Crippen LogP contribution < -0.4 is 5.32 Å². The maximum atomic E-state index is 11.3. The first-order chi connectivity index (χ1) is 8.48. The summed E-state index contributed by atoms with van der Waals surface area (Å²) in [5.74, 6) is 0.117. The minimum atomic E-state index is -3.01. The monoisotopic (exact) mass is 288 g/mol. The Hall–Kier alpha value is -0.620. The molecular formula is C12H20N2O2S2. The van der Waals surface area contributed by atoms with E-state index in [-0.39, 0.29) is 11.8 Å². The summed E-state index contributed by atoms with van der Waals surface area (Å²) in [6, 6.07) is 0.328. The molecule has 18 heavy (non-hydrogen) atoms. The van der Waals surface area contributed by atoms with E-state index in [1.807, 2.05) is 7.05 Å². The number of sulfone groups is 1. The first-order valence-electron chi connectivity index (χ1n) is 6.42. The number of nitrogens with zero attached hydrogens (tertiary/aromatic N) is 1. The molecular weight excluding hydrogens is 268 g/mol. The molecule has 2 aliphatic rings. The lowest BCUT2D eigenvalue weighted by atomic mass is 9.95. The fraction of sp³-hybridized carbons (Fsp3) is 0.750. The van der Waals surface area contributed by atoms with Crippen LogP contribution in [0.4, 0.5) is 0 Å². The van der Waals surface area contributed by atoms with Crippen molar-refractivity contribution < 1.29 is 8.42 Å². The Bertz CT molecular complexity index is 439. The summed E-state index contributed by atoms with van der Waals surface area (Å²) in [5.41, 5.74) is 0. The minimum Gasteiger partial charge on any atom is -0.355 e. The van der Waals surface area contributed by atoms with Crippen LogP contribution in [0.3, 0.4) is 0 Å². The number of thiocarbonyl (C=S) groups is 1. The van der Waals surface area contributed by atoms with Crippen molar-refractivity contribution >= 4 is 27.2 Å². The van der Waals surface area contributed by atoms with Crippen LogP contribution in [0.25, 0.3) is 0 Å². The second-order valence-corrected chi connectivity index (χ2v) is 7.43. The second-order valence-electron chi connectivity index (χ2n) is 5.12. The molecule has 0 bridgehead atoms. The van der Waals surface area contributed by atoms with Crippen LogP contribution in [-0.4, -0.2) is 43.3 Å². The van der Waals surface area contributed by atoms with Gasteiger partial charge in [0.25, 0.3) is 0 Å². The average molecular weight is 288 g/mol. The Balaban J connectivity index is 1.86. The summed E-state index contributed by atoms with van der Waals surface area (Å²) in [5, 5.41) is 5.06. The van der Waals surface area contributed by atoms with Crippen molar-refractivity contribution in [1.82, 2.24) is 10.2 Å². The number of hydrogen-bond acceptors (Lipinski definition) is 3. The van der Waals surface area contributed by atoms with Gasteiger partial charge in [0.05, 0.1) is 11.8 Å². The van der Waals surface area contributed by atoms with Gasteiger partial charge in [-0.3, -0.25) is 0 Å². The zero-order valence-corrected chi connectivity index (χ0v) is 12.3. The molecule has 0 aromatic heterocycles. The van der Waals surface area contributed by atoms with Gasteiger partial charge < -0.3 is 10.2 Å². The summed E-state index contributed by atoms with van der Waals surface area (Å²) >= 11 is 5.36. The molecule has 1 heterocycles. The highest BCUT2D eigenvalue weighted by molar-refractivity contribution is 7.94. The smallest absolute Gasteiger partial charge is 0.173 e. The molecule has 0 aromatic carbocycles. The normalized spacial score (nSPS) is 27.1. The zero-order valence-electron chi connectivity index (χ0n) is 10.6. The van der Waals surface area contributed by atoms with E-state index in [2.05, 4.69) is 10.2 Å². The third kappa shape index (κ3) is 3.45. The van der Waals surface area contributed by atoms with Crippen LogP contribution >= 0.6 is 12.2 Å². The molecule has 0 aromatic rings. The lowest BCUT2D eigenvalue weighted by molar-refractivity contribution is 0.275. The van der Waals surface area contributed by atoms with E-state index in [9.17, 15) is 8.42 Å². The Morgan fingerprint density at radius 2 is 2.00 bits per heavy atom. The second kappa shape index (κ2) is 5.57. The molecule has 1 unspecified atom stereocenters. The van der Waals surface area contributed by atoms with Crippen LogP contribution in [0, 0.1) is 0 Å². The fourth-order valence-electron chi connectivity index (χ4n) is 2.56. The van der Waals surface area contributed by atoms with Gasteiger partial charge >= 0.3 is 0 Å². The van der Waals surface area contributed by atoms with Crippen LogP contribution in [-0.2, 0) is 9.84 Å². The molecule has 6 heteroatoms. The van der Waals surface area contributed by atoms with Gasteiger partial charge in [0.1, 0.15) is 0 Å². The molecule has 0 saturated heterocycles. The highest BCUT2D eigenvalue weighted by atomic mass is 32.2. The molecule has 0 amide bonds. The van der Waals surface area contributed by atoms with E-state index >= 15 is 0 Å². The largest absolute Gasteiger partial charge is 0.355 e. The van der Waals surface area contributed by atoms with Crippen molar-refractivity contribution in [1.29, 1.82) is 0 Å². The van der Waals surface area contributed by atoms with E-state index in [0.29, 0.717) is 11.2 Å². The van der Waals surface area contributed by atoms with Gasteiger partial charge in [0, 0.05) is 18.5 Å². The van der Waals surface area contributed by atoms with Crippen molar-refractivity contribution in [3.63, 3.8) is 0 Å². The number of hydrogen-bond donors (Lipinski definition) is 1. The summed E-state index contributed by atoms with van der Waals surface area (Å²) < 4.78 is 22.6. The Morgan fingerprint density at radius 3 is 2.56 bits per heavy atom. The molecule has 4 nitrogen and oxygen atoms in total. The molecule has 1 aliphatic carbocycles. The number of nitrogens with one attached hydrogen (secondary N) is 1. The third-order valence-electron chi connectivity index (χ3n) is 3.68. The molecule has 1 fully saturated rings. The summed E-state index contributed by atoms with van der Waals surface area (Å²) in [7, 11) is -1.01. The quantitative estimate of drug-likeness (QED) is 0.779. The van der Waals surface area contributed by atoms with Gasteiger partial charge in [-0.05, 0) is 31.1 Å². The van der Waals surface area contributed by atoms with Crippen molar-refractivity contribution in [2.24, 2.45) is 0 Å².